The Bertz CT molecular complexity index is 1320. The molecule has 0 saturated carbocycles. The topological polar surface area (TPSA) is 44.8 Å². The summed E-state index contributed by atoms with van der Waals surface area (Å²) >= 11 is 0. The lowest BCUT2D eigenvalue weighted by molar-refractivity contribution is -0.123. The van der Waals surface area contributed by atoms with Crippen molar-refractivity contribution in [3.63, 3.8) is 0 Å². The number of ether oxygens (including phenoxy) is 1. The number of carbonyl (C=O) groups excluding carboxylic acids is 1. The van der Waals surface area contributed by atoms with Crippen LogP contribution in [-0.4, -0.2) is 39.7 Å². The van der Waals surface area contributed by atoms with Crippen LogP contribution in [0.3, 0.4) is 0 Å². The van der Waals surface area contributed by atoms with Crippen LogP contribution in [0.1, 0.15) is 17.2 Å². The molecule has 1 aliphatic heterocycles. The molecule has 1 atom stereocenters. The zero-order valence-electron chi connectivity index (χ0n) is 20.3. The Morgan fingerprint density at radius 1 is 0.943 bits per heavy atom. The highest BCUT2D eigenvalue weighted by Crippen LogP contribution is 2.35. The highest BCUT2D eigenvalue weighted by Gasteiger charge is 2.27. The SMILES string of the molecule is CN(C)c1ccc(C(CNC(=O)COc2ccc3ccccc3c2)N2CCc3ccccc32)cc1. The summed E-state index contributed by atoms with van der Waals surface area (Å²) in [5.41, 5.74) is 4.94. The summed E-state index contributed by atoms with van der Waals surface area (Å²) in [5, 5.41) is 5.37. The van der Waals surface area contributed by atoms with Gasteiger partial charge in [-0.1, -0.05) is 60.7 Å². The minimum Gasteiger partial charge on any atom is -0.484 e. The molecule has 0 saturated heterocycles. The Hall–Kier alpha value is -3.99. The van der Waals surface area contributed by atoms with E-state index in [0.717, 1.165) is 29.4 Å². The summed E-state index contributed by atoms with van der Waals surface area (Å²) < 4.78 is 5.81. The average molecular weight is 466 g/mol. The fourth-order valence-corrected chi connectivity index (χ4v) is 4.76. The van der Waals surface area contributed by atoms with Crippen molar-refractivity contribution in [2.75, 3.05) is 43.6 Å². The standard InChI is InChI=1S/C30H31N3O2/c1-32(2)26-14-11-24(12-15-26)29(33-18-17-23-8-5-6-10-28(23)33)20-31-30(34)21-35-27-16-13-22-7-3-4-9-25(22)19-27/h3-16,19,29H,17-18,20-21H2,1-2H3,(H,31,34). The minimum atomic E-state index is -0.124. The third-order valence-corrected chi connectivity index (χ3v) is 6.68. The monoisotopic (exact) mass is 465 g/mol. The molecule has 0 aliphatic carbocycles. The van der Waals surface area contributed by atoms with Crippen LogP contribution in [-0.2, 0) is 11.2 Å². The molecule has 0 bridgehead atoms. The average Bonchev–Trinajstić information content (AvgIpc) is 3.32. The molecule has 5 heteroatoms. The lowest BCUT2D eigenvalue weighted by Crippen LogP contribution is -2.39. The largest absolute Gasteiger partial charge is 0.484 e. The van der Waals surface area contributed by atoms with Crippen molar-refractivity contribution in [3.8, 4) is 5.75 Å². The number of nitrogens with zero attached hydrogens (tertiary/aromatic N) is 2. The smallest absolute Gasteiger partial charge is 0.258 e. The molecule has 1 aliphatic rings. The van der Waals surface area contributed by atoms with E-state index < -0.39 is 0 Å². The van der Waals surface area contributed by atoms with Gasteiger partial charge in [-0.3, -0.25) is 4.79 Å². The summed E-state index contributed by atoms with van der Waals surface area (Å²) in [4.78, 5) is 17.3. The van der Waals surface area contributed by atoms with Crippen LogP contribution < -0.4 is 19.9 Å². The number of carbonyl (C=O) groups is 1. The molecule has 4 aromatic rings. The lowest BCUT2D eigenvalue weighted by atomic mass is 10.0. The third kappa shape index (κ3) is 5.09. The molecular weight excluding hydrogens is 434 g/mol. The van der Waals surface area contributed by atoms with Gasteiger partial charge in [0.2, 0.25) is 0 Å². The van der Waals surface area contributed by atoms with Crippen LogP contribution in [0.15, 0.2) is 91.0 Å². The van der Waals surface area contributed by atoms with E-state index in [1.54, 1.807) is 0 Å². The summed E-state index contributed by atoms with van der Waals surface area (Å²) in [5.74, 6) is 0.573. The molecule has 35 heavy (non-hydrogen) atoms. The van der Waals surface area contributed by atoms with Gasteiger partial charge >= 0.3 is 0 Å². The van der Waals surface area contributed by atoms with Gasteiger partial charge in [-0.05, 0) is 58.7 Å². The Kier molecular flexibility index (Phi) is 6.57. The second-order valence-electron chi connectivity index (χ2n) is 9.18. The normalized spacial score (nSPS) is 13.4. The fourth-order valence-electron chi connectivity index (χ4n) is 4.76. The van der Waals surface area contributed by atoms with E-state index >= 15 is 0 Å². The zero-order chi connectivity index (χ0) is 24.2. The van der Waals surface area contributed by atoms with Crippen LogP contribution in [0, 0.1) is 0 Å². The van der Waals surface area contributed by atoms with Gasteiger partial charge in [0, 0.05) is 38.6 Å². The molecule has 4 aromatic carbocycles. The van der Waals surface area contributed by atoms with Crippen molar-refractivity contribution >= 4 is 28.1 Å². The van der Waals surface area contributed by atoms with Gasteiger partial charge in [-0.25, -0.2) is 0 Å². The Labute approximate surface area is 206 Å². The molecule has 5 nitrogen and oxygen atoms in total. The van der Waals surface area contributed by atoms with E-state index in [1.165, 1.54) is 16.8 Å². The predicted octanol–water partition coefficient (Wildman–Crippen LogP) is 5.20. The van der Waals surface area contributed by atoms with Crippen molar-refractivity contribution in [3.05, 3.63) is 102 Å². The Morgan fingerprint density at radius 3 is 2.49 bits per heavy atom. The van der Waals surface area contributed by atoms with E-state index in [2.05, 4.69) is 69.7 Å². The van der Waals surface area contributed by atoms with Crippen molar-refractivity contribution in [1.82, 2.24) is 5.32 Å². The number of rotatable bonds is 8. The van der Waals surface area contributed by atoms with Crippen LogP contribution in [0.5, 0.6) is 5.75 Å². The number of nitrogens with one attached hydrogen (secondary N) is 1. The molecule has 0 fully saturated rings. The number of amides is 1. The highest BCUT2D eigenvalue weighted by atomic mass is 16.5. The van der Waals surface area contributed by atoms with Gasteiger partial charge in [0.05, 0.1) is 6.04 Å². The van der Waals surface area contributed by atoms with Crippen molar-refractivity contribution in [2.24, 2.45) is 0 Å². The molecule has 0 radical (unpaired) electrons. The molecule has 1 N–H and O–H groups in total. The number of benzene rings is 4. The molecule has 178 valence electrons. The van der Waals surface area contributed by atoms with Crippen molar-refractivity contribution < 1.29 is 9.53 Å². The number of anilines is 2. The number of hydrogen-bond acceptors (Lipinski definition) is 4. The number of hydrogen-bond donors (Lipinski definition) is 1. The van der Waals surface area contributed by atoms with Gasteiger partial charge in [0.1, 0.15) is 5.75 Å². The first kappa shape index (κ1) is 22.8. The van der Waals surface area contributed by atoms with Crippen LogP contribution in [0.25, 0.3) is 10.8 Å². The maximum Gasteiger partial charge on any atom is 0.258 e. The number of fused-ring (bicyclic) bond motifs is 2. The molecule has 1 heterocycles. The Balaban J connectivity index is 1.28. The summed E-state index contributed by atoms with van der Waals surface area (Å²) in [7, 11) is 4.08. The molecule has 0 aromatic heterocycles. The number of para-hydroxylation sites is 1. The van der Waals surface area contributed by atoms with E-state index in [4.69, 9.17) is 4.74 Å². The van der Waals surface area contributed by atoms with Gasteiger partial charge in [-0.2, -0.15) is 0 Å². The minimum absolute atomic E-state index is 0.0127. The molecule has 0 spiro atoms. The first-order valence-corrected chi connectivity index (χ1v) is 12.1. The summed E-state index contributed by atoms with van der Waals surface area (Å²) in [6.45, 7) is 1.43. The van der Waals surface area contributed by atoms with E-state index in [1.807, 2.05) is 50.5 Å². The molecular formula is C30H31N3O2. The van der Waals surface area contributed by atoms with E-state index in [-0.39, 0.29) is 18.6 Å². The summed E-state index contributed by atoms with van der Waals surface area (Å²) in [6, 6.07) is 31.2. The Morgan fingerprint density at radius 2 is 1.69 bits per heavy atom. The molecule has 1 amide bonds. The first-order valence-electron chi connectivity index (χ1n) is 12.1. The second-order valence-corrected chi connectivity index (χ2v) is 9.18. The van der Waals surface area contributed by atoms with Crippen LogP contribution in [0.2, 0.25) is 0 Å². The van der Waals surface area contributed by atoms with Crippen LogP contribution in [0.4, 0.5) is 11.4 Å². The predicted molar refractivity (Wildman–Crippen MR) is 143 cm³/mol. The quantitative estimate of drug-likeness (QED) is 0.388. The van der Waals surface area contributed by atoms with E-state index in [0.29, 0.717) is 12.3 Å². The maximum atomic E-state index is 12.8. The van der Waals surface area contributed by atoms with E-state index in [9.17, 15) is 4.79 Å². The fraction of sp³-hybridized carbons (Fsp3) is 0.233. The highest BCUT2D eigenvalue weighted by molar-refractivity contribution is 5.84. The van der Waals surface area contributed by atoms with Crippen molar-refractivity contribution in [1.29, 1.82) is 0 Å². The molecule has 1 unspecified atom stereocenters. The van der Waals surface area contributed by atoms with Gasteiger partial charge < -0.3 is 19.9 Å². The lowest BCUT2D eigenvalue weighted by Gasteiger charge is -2.31. The van der Waals surface area contributed by atoms with Gasteiger partial charge in [0.15, 0.2) is 6.61 Å². The maximum absolute atomic E-state index is 12.8. The van der Waals surface area contributed by atoms with Gasteiger partial charge in [0.25, 0.3) is 5.91 Å². The summed E-state index contributed by atoms with van der Waals surface area (Å²) in [6.07, 6.45) is 1.02. The van der Waals surface area contributed by atoms with Crippen LogP contribution >= 0.6 is 0 Å². The zero-order valence-corrected chi connectivity index (χ0v) is 20.3. The van der Waals surface area contributed by atoms with Gasteiger partial charge in [-0.15, -0.1) is 0 Å². The first-order chi connectivity index (χ1) is 17.1. The second kappa shape index (κ2) is 10.1. The third-order valence-electron chi connectivity index (χ3n) is 6.68. The van der Waals surface area contributed by atoms with Crippen molar-refractivity contribution in [2.45, 2.75) is 12.5 Å². The molecule has 5 rings (SSSR count).